The maximum Gasteiger partial charge on any atom is 0.295 e. The number of Topliss-reactive ketones (excluding diaryl/α,β-unsaturated/α-hetero) is 1. The van der Waals surface area contributed by atoms with Gasteiger partial charge in [-0.25, -0.2) is 4.39 Å². The molecule has 0 spiro atoms. The summed E-state index contributed by atoms with van der Waals surface area (Å²) in [6, 6.07) is 9.25. The Hall–Kier alpha value is -2.90. The second-order valence-corrected chi connectivity index (χ2v) is 7.60. The second-order valence-electron chi connectivity index (χ2n) is 7.20. The molecule has 0 radical (unpaired) electrons. The van der Waals surface area contributed by atoms with Gasteiger partial charge in [-0.3, -0.25) is 9.59 Å². The topological polar surface area (TPSA) is 70.1 Å². The number of methoxy groups -OCH3 is 1. The van der Waals surface area contributed by atoms with Crippen molar-refractivity contribution >= 4 is 29.1 Å². The molecule has 8 heteroatoms. The number of aliphatic hydroxyl groups excluding tert-OH is 1. The largest absolute Gasteiger partial charge is 0.507 e. The molecule has 1 amide bonds. The number of ketones is 1. The lowest BCUT2D eigenvalue weighted by Crippen LogP contribution is -2.35. The van der Waals surface area contributed by atoms with Crippen LogP contribution in [0.3, 0.4) is 0 Å². The summed E-state index contributed by atoms with van der Waals surface area (Å²) in [7, 11) is 5.16. The Labute approximate surface area is 179 Å². The first-order chi connectivity index (χ1) is 14.2. The quantitative estimate of drug-likeness (QED) is 0.430. The molecule has 1 atom stereocenters. The summed E-state index contributed by atoms with van der Waals surface area (Å²) in [5.74, 6) is -1.89. The van der Waals surface area contributed by atoms with E-state index in [1.54, 1.807) is 12.1 Å². The molecule has 1 N–H and O–H groups in total. The molecule has 1 heterocycles. The molecule has 1 aliphatic rings. The van der Waals surface area contributed by atoms with E-state index in [4.69, 9.17) is 16.3 Å². The van der Waals surface area contributed by atoms with E-state index in [1.807, 2.05) is 19.0 Å². The van der Waals surface area contributed by atoms with Crippen LogP contribution in [0, 0.1) is 5.82 Å². The molecule has 2 aromatic carbocycles. The van der Waals surface area contributed by atoms with E-state index >= 15 is 0 Å². The zero-order valence-corrected chi connectivity index (χ0v) is 17.6. The molecular weight excluding hydrogens is 411 g/mol. The molecule has 1 fully saturated rings. The highest BCUT2D eigenvalue weighted by Crippen LogP contribution is 2.40. The number of benzene rings is 2. The predicted molar refractivity (Wildman–Crippen MR) is 112 cm³/mol. The first kappa shape index (κ1) is 21.8. The molecule has 6 nitrogen and oxygen atoms in total. The van der Waals surface area contributed by atoms with Gasteiger partial charge in [-0.15, -0.1) is 0 Å². The van der Waals surface area contributed by atoms with Gasteiger partial charge in [0, 0.05) is 18.7 Å². The summed E-state index contributed by atoms with van der Waals surface area (Å²) in [5, 5.41) is 11.2. The molecule has 0 bridgehead atoms. The minimum absolute atomic E-state index is 0.0633. The lowest BCUT2D eigenvalue weighted by atomic mass is 9.95. The van der Waals surface area contributed by atoms with E-state index < -0.39 is 23.5 Å². The number of likely N-dealkylation sites (N-methyl/N-ethyl adjacent to an activating group) is 1. The van der Waals surface area contributed by atoms with Gasteiger partial charge in [0.1, 0.15) is 17.3 Å². The van der Waals surface area contributed by atoms with Crippen molar-refractivity contribution in [3.63, 3.8) is 0 Å². The molecule has 3 rings (SSSR count). The average molecular weight is 433 g/mol. The van der Waals surface area contributed by atoms with Gasteiger partial charge < -0.3 is 19.6 Å². The fourth-order valence-corrected chi connectivity index (χ4v) is 3.64. The summed E-state index contributed by atoms with van der Waals surface area (Å²) < 4.78 is 18.6. The van der Waals surface area contributed by atoms with Crippen molar-refractivity contribution in [2.45, 2.75) is 6.04 Å². The van der Waals surface area contributed by atoms with Crippen molar-refractivity contribution < 1.29 is 23.8 Å². The van der Waals surface area contributed by atoms with E-state index in [0.717, 1.165) is 0 Å². The van der Waals surface area contributed by atoms with Gasteiger partial charge in [-0.2, -0.15) is 0 Å². The van der Waals surface area contributed by atoms with E-state index in [9.17, 15) is 19.1 Å². The third-order valence-corrected chi connectivity index (χ3v) is 5.23. The predicted octanol–water partition coefficient (Wildman–Crippen LogP) is 3.47. The lowest BCUT2D eigenvalue weighted by molar-refractivity contribution is -0.140. The van der Waals surface area contributed by atoms with Crippen LogP contribution in [0.15, 0.2) is 48.0 Å². The Balaban J connectivity index is 2.14. The van der Waals surface area contributed by atoms with Gasteiger partial charge in [0.15, 0.2) is 0 Å². The second kappa shape index (κ2) is 8.85. The number of hydrogen-bond donors (Lipinski definition) is 1. The zero-order chi connectivity index (χ0) is 22.0. The van der Waals surface area contributed by atoms with Crippen molar-refractivity contribution in [2.24, 2.45) is 0 Å². The summed E-state index contributed by atoms with van der Waals surface area (Å²) in [4.78, 5) is 28.9. The maximum atomic E-state index is 13.5. The fourth-order valence-electron chi connectivity index (χ4n) is 3.38. The van der Waals surface area contributed by atoms with Crippen molar-refractivity contribution in [1.29, 1.82) is 0 Å². The van der Waals surface area contributed by atoms with Gasteiger partial charge in [-0.05, 0) is 50.0 Å². The van der Waals surface area contributed by atoms with E-state index in [0.29, 0.717) is 17.9 Å². The van der Waals surface area contributed by atoms with Gasteiger partial charge >= 0.3 is 0 Å². The highest BCUT2D eigenvalue weighted by atomic mass is 35.5. The number of halogens is 2. The molecule has 1 aliphatic heterocycles. The Kier molecular flexibility index (Phi) is 6.43. The van der Waals surface area contributed by atoms with Gasteiger partial charge in [-0.1, -0.05) is 23.7 Å². The molecule has 2 aromatic rings. The van der Waals surface area contributed by atoms with Gasteiger partial charge in [0.2, 0.25) is 0 Å². The molecule has 0 unspecified atom stereocenters. The number of amides is 1. The van der Waals surface area contributed by atoms with Crippen molar-refractivity contribution in [2.75, 3.05) is 34.3 Å². The number of likely N-dealkylation sites (tertiary alicyclic amines) is 1. The first-order valence-corrected chi connectivity index (χ1v) is 9.65. The van der Waals surface area contributed by atoms with Crippen LogP contribution in [0.1, 0.15) is 17.2 Å². The van der Waals surface area contributed by atoms with Crippen LogP contribution in [0.2, 0.25) is 5.02 Å². The summed E-state index contributed by atoms with van der Waals surface area (Å²) in [5.41, 5.74) is 0.737. The third kappa shape index (κ3) is 4.17. The van der Waals surface area contributed by atoms with Crippen LogP contribution in [0.5, 0.6) is 5.75 Å². The highest BCUT2D eigenvalue weighted by Gasteiger charge is 2.45. The smallest absolute Gasteiger partial charge is 0.295 e. The van der Waals surface area contributed by atoms with Crippen molar-refractivity contribution in [1.82, 2.24) is 9.80 Å². The van der Waals surface area contributed by atoms with Crippen molar-refractivity contribution in [3.05, 3.63) is 70.0 Å². The number of aliphatic hydroxyl groups is 1. The average Bonchev–Trinajstić information content (AvgIpc) is 2.96. The van der Waals surface area contributed by atoms with Gasteiger partial charge in [0.25, 0.3) is 11.7 Å². The Morgan fingerprint density at radius 3 is 2.43 bits per heavy atom. The Bertz CT molecular complexity index is 1000. The number of carbonyl (C=O) groups excluding carboxylic acids is 2. The number of rotatable bonds is 6. The minimum atomic E-state index is -0.841. The Morgan fingerprint density at radius 1 is 1.20 bits per heavy atom. The number of carbonyl (C=O) groups is 2. The number of ether oxygens (including phenoxy) is 1. The SMILES string of the molecule is COc1ccc(/C(O)=C2/C(=O)C(=O)N(CCN(C)C)[C@H]2c2ccc(F)cc2)cc1Cl. The number of nitrogens with zero attached hydrogens (tertiary/aromatic N) is 2. The summed E-state index contributed by atoms with van der Waals surface area (Å²) >= 11 is 6.16. The monoisotopic (exact) mass is 432 g/mol. The maximum absolute atomic E-state index is 13.5. The van der Waals surface area contributed by atoms with Gasteiger partial charge in [0.05, 0.1) is 23.7 Å². The van der Waals surface area contributed by atoms with Crippen LogP contribution in [0.4, 0.5) is 4.39 Å². The highest BCUT2D eigenvalue weighted by molar-refractivity contribution is 6.46. The fraction of sp³-hybridized carbons (Fsp3) is 0.273. The lowest BCUT2D eigenvalue weighted by Gasteiger charge is -2.26. The minimum Gasteiger partial charge on any atom is -0.507 e. The number of hydrogen-bond acceptors (Lipinski definition) is 5. The molecule has 0 aromatic heterocycles. The molecule has 30 heavy (non-hydrogen) atoms. The van der Waals surface area contributed by atoms with Crippen molar-refractivity contribution in [3.8, 4) is 5.75 Å². The zero-order valence-electron chi connectivity index (χ0n) is 16.9. The third-order valence-electron chi connectivity index (χ3n) is 4.94. The van der Waals surface area contributed by atoms with Crippen LogP contribution in [-0.2, 0) is 9.59 Å². The van der Waals surface area contributed by atoms with Crippen LogP contribution < -0.4 is 4.74 Å². The van der Waals surface area contributed by atoms with Crippen LogP contribution in [-0.4, -0.2) is 60.9 Å². The molecule has 158 valence electrons. The standard InChI is InChI=1S/C22H22ClFN2O4/c1-25(2)10-11-26-19(13-4-7-15(24)8-5-13)18(21(28)22(26)29)20(27)14-6-9-17(30-3)16(23)12-14/h4-9,12,19,27H,10-11H2,1-3H3/b20-18-/t19-/m0/s1. The summed E-state index contributed by atoms with van der Waals surface area (Å²) in [6.07, 6.45) is 0. The molecule has 1 saturated heterocycles. The normalized spacial score (nSPS) is 18.3. The van der Waals surface area contributed by atoms with E-state index in [-0.39, 0.29) is 28.5 Å². The molecule has 0 aliphatic carbocycles. The molecular formula is C22H22ClFN2O4. The van der Waals surface area contributed by atoms with Crippen LogP contribution in [0.25, 0.3) is 5.76 Å². The first-order valence-electron chi connectivity index (χ1n) is 9.27. The van der Waals surface area contributed by atoms with Crippen LogP contribution >= 0.6 is 11.6 Å². The van der Waals surface area contributed by atoms with E-state index in [2.05, 4.69) is 0 Å². The summed E-state index contributed by atoms with van der Waals surface area (Å²) in [6.45, 7) is 0.777. The molecule has 0 saturated carbocycles. The Morgan fingerprint density at radius 2 is 1.87 bits per heavy atom. The van der Waals surface area contributed by atoms with E-state index in [1.165, 1.54) is 42.3 Å².